The van der Waals surface area contributed by atoms with Gasteiger partial charge in [-0.05, 0) is 57.4 Å². The summed E-state index contributed by atoms with van der Waals surface area (Å²) in [7, 11) is 0. The van der Waals surface area contributed by atoms with Crippen molar-refractivity contribution in [2.75, 3.05) is 0 Å². The summed E-state index contributed by atoms with van der Waals surface area (Å²) in [5.74, 6) is -0.433. The number of ether oxygens (including phenoxy) is 1. The Kier molecular flexibility index (Phi) is 4.00. The van der Waals surface area contributed by atoms with Gasteiger partial charge in [-0.15, -0.1) is 0 Å². The van der Waals surface area contributed by atoms with E-state index in [9.17, 15) is 9.59 Å². The van der Waals surface area contributed by atoms with Gasteiger partial charge in [0.05, 0.1) is 6.10 Å². The lowest BCUT2D eigenvalue weighted by atomic mass is 9.95. The van der Waals surface area contributed by atoms with Crippen LogP contribution in [-0.4, -0.2) is 36.1 Å². The van der Waals surface area contributed by atoms with E-state index in [4.69, 9.17) is 9.15 Å². The highest BCUT2D eigenvalue weighted by molar-refractivity contribution is 5.99. The van der Waals surface area contributed by atoms with Gasteiger partial charge in [0.1, 0.15) is 5.58 Å². The Hall–Kier alpha value is -2.34. The number of fused-ring (bicyclic) bond motifs is 3. The monoisotopic (exact) mass is 342 g/mol. The highest BCUT2D eigenvalue weighted by atomic mass is 16.6. The molecule has 0 radical (unpaired) electrons. The van der Waals surface area contributed by atoms with Crippen LogP contribution in [-0.2, 0) is 4.74 Å². The average molecular weight is 342 g/mol. The van der Waals surface area contributed by atoms with Gasteiger partial charge in [0.15, 0.2) is 0 Å². The molecule has 2 fully saturated rings. The van der Waals surface area contributed by atoms with Crippen LogP contribution in [0.5, 0.6) is 0 Å². The molecule has 4 rings (SSSR count). The summed E-state index contributed by atoms with van der Waals surface area (Å²) >= 11 is 0. The van der Waals surface area contributed by atoms with E-state index in [1.807, 2.05) is 0 Å². The molecule has 1 aromatic heterocycles. The Labute approximate surface area is 145 Å². The maximum Gasteiger partial charge on any atom is 0.374 e. The van der Waals surface area contributed by atoms with Crippen molar-refractivity contribution in [3.8, 4) is 0 Å². The summed E-state index contributed by atoms with van der Waals surface area (Å²) in [6.45, 7) is 3.57. The van der Waals surface area contributed by atoms with E-state index in [1.54, 1.807) is 38.1 Å². The van der Waals surface area contributed by atoms with E-state index in [0.717, 1.165) is 18.2 Å². The van der Waals surface area contributed by atoms with E-state index in [-0.39, 0.29) is 23.8 Å². The summed E-state index contributed by atoms with van der Waals surface area (Å²) in [6.07, 6.45) is 3.11. The van der Waals surface area contributed by atoms with Crippen molar-refractivity contribution >= 4 is 22.8 Å². The first kappa shape index (κ1) is 16.1. The van der Waals surface area contributed by atoms with Gasteiger partial charge in [-0.3, -0.25) is 4.79 Å². The summed E-state index contributed by atoms with van der Waals surface area (Å²) in [6, 6.07) is 7.94. The maximum atomic E-state index is 12.5. The number of benzene rings is 1. The van der Waals surface area contributed by atoms with Crippen molar-refractivity contribution in [2.45, 2.75) is 57.3 Å². The van der Waals surface area contributed by atoms with Crippen molar-refractivity contribution in [3.63, 3.8) is 0 Å². The fourth-order valence-corrected chi connectivity index (χ4v) is 3.79. The number of amides is 1. The summed E-state index contributed by atoms with van der Waals surface area (Å²) in [5.41, 5.74) is 1.13. The number of furan rings is 1. The van der Waals surface area contributed by atoms with E-state index in [1.165, 1.54) is 6.42 Å². The Morgan fingerprint density at radius 3 is 2.80 bits per heavy atom. The standard InChI is InChI=1S/C19H22N2O4/c1-10(2)24-19(23)17-8-12-7-11(3-6-16(12)25-17)18(22)21-15-9-13-4-5-14(15)20-13/h3,6-8,10,13-15,20H,4-5,9H2,1-2H3,(H,21,22)/t13-,14+,15-/m1/s1. The number of carbonyl (C=O) groups excluding carboxylic acids is 2. The molecule has 2 aliphatic heterocycles. The summed E-state index contributed by atoms with van der Waals surface area (Å²) in [4.78, 5) is 24.5. The second-order valence-electron chi connectivity index (χ2n) is 7.18. The van der Waals surface area contributed by atoms with Crippen molar-refractivity contribution in [1.82, 2.24) is 10.6 Å². The minimum atomic E-state index is -0.495. The molecule has 0 saturated carbocycles. The maximum absolute atomic E-state index is 12.5. The number of carbonyl (C=O) groups is 2. The highest BCUT2D eigenvalue weighted by Crippen LogP contribution is 2.28. The first-order valence-electron chi connectivity index (χ1n) is 8.81. The fraction of sp³-hybridized carbons (Fsp3) is 0.474. The van der Waals surface area contributed by atoms with Crippen LogP contribution >= 0.6 is 0 Å². The lowest BCUT2D eigenvalue weighted by molar-refractivity contribution is 0.0344. The molecule has 1 aromatic carbocycles. The molecule has 3 atom stereocenters. The van der Waals surface area contributed by atoms with Gasteiger partial charge in [0, 0.05) is 29.1 Å². The minimum absolute atomic E-state index is 0.0891. The predicted molar refractivity (Wildman–Crippen MR) is 92.6 cm³/mol. The van der Waals surface area contributed by atoms with Crippen LogP contribution in [0.3, 0.4) is 0 Å². The molecular formula is C19H22N2O4. The Morgan fingerprint density at radius 1 is 1.28 bits per heavy atom. The molecule has 2 saturated heterocycles. The number of hydrogen-bond acceptors (Lipinski definition) is 5. The lowest BCUT2D eigenvalue weighted by Crippen LogP contribution is -2.42. The normalized spacial score (nSPS) is 24.8. The van der Waals surface area contributed by atoms with Crippen LogP contribution in [0.15, 0.2) is 28.7 Å². The molecule has 25 heavy (non-hydrogen) atoms. The largest absolute Gasteiger partial charge is 0.457 e. The summed E-state index contributed by atoms with van der Waals surface area (Å²) in [5, 5.41) is 7.35. The van der Waals surface area contributed by atoms with Crippen molar-refractivity contribution < 1.29 is 18.7 Å². The van der Waals surface area contributed by atoms with Crippen molar-refractivity contribution in [3.05, 3.63) is 35.6 Å². The third kappa shape index (κ3) is 3.14. The van der Waals surface area contributed by atoms with Crippen molar-refractivity contribution in [2.24, 2.45) is 0 Å². The van der Waals surface area contributed by atoms with Crippen LogP contribution in [0.25, 0.3) is 11.0 Å². The molecule has 132 valence electrons. The van der Waals surface area contributed by atoms with Gasteiger partial charge in [-0.25, -0.2) is 4.79 Å². The van der Waals surface area contributed by atoms with Gasteiger partial charge >= 0.3 is 5.97 Å². The van der Waals surface area contributed by atoms with Crippen LogP contribution in [0.1, 0.15) is 54.0 Å². The quantitative estimate of drug-likeness (QED) is 0.835. The van der Waals surface area contributed by atoms with Gasteiger partial charge in [-0.1, -0.05) is 0 Å². The molecule has 0 spiro atoms. The second kappa shape index (κ2) is 6.19. The zero-order valence-electron chi connectivity index (χ0n) is 14.4. The van der Waals surface area contributed by atoms with Crippen LogP contribution in [0.2, 0.25) is 0 Å². The smallest absolute Gasteiger partial charge is 0.374 e. The van der Waals surface area contributed by atoms with Crippen LogP contribution in [0, 0.1) is 0 Å². The SMILES string of the molecule is CC(C)OC(=O)c1cc2cc(C(=O)N[C@@H]3C[C@H]4CC[C@@H]3N4)ccc2o1. The predicted octanol–water partition coefficient (Wildman–Crippen LogP) is 2.62. The molecule has 0 unspecified atom stereocenters. The molecule has 2 bridgehead atoms. The molecule has 2 aliphatic rings. The molecule has 6 nitrogen and oxygen atoms in total. The van der Waals surface area contributed by atoms with Gasteiger partial charge in [-0.2, -0.15) is 0 Å². The Balaban J connectivity index is 1.50. The number of hydrogen-bond donors (Lipinski definition) is 2. The van der Waals surface area contributed by atoms with Crippen molar-refractivity contribution in [1.29, 1.82) is 0 Å². The highest BCUT2D eigenvalue weighted by Gasteiger charge is 2.39. The third-order valence-corrected chi connectivity index (χ3v) is 4.94. The second-order valence-corrected chi connectivity index (χ2v) is 7.18. The van der Waals surface area contributed by atoms with Gasteiger partial charge < -0.3 is 19.8 Å². The zero-order valence-corrected chi connectivity index (χ0v) is 14.4. The average Bonchev–Trinajstić information content (AvgIpc) is 3.28. The lowest BCUT2D eigenvalue weighted by Gasteiger charge is -2.21. The zero-order chi connectivity index (χ0) is 17.6. The topological polar surface area (TPSA) is 80.6 Å². The molecule has 2 aromatic rings. The van der Waals surface area contributed by atoms with E-state index >= 15 is 0 Å². The molecule has 6 heteroatoms. The summed E-state index contributed by atoms with van der Waals surface area (Å²) < 4.78 is 10.7. The van der Waals surface area contributed by atoms with E-state index in [2.05, 4.69) is 10.6 Å². The molecule has 0 aliphatic carbocycles. The van der Waals surface area contributed by atoms with Gasteiger partial charge in [0.25, 0.3) is 5.91 Å². The van der Waals surface area contributed by atoms with E-state index in [0.29, 0.717) is 23.2 Å². The third-order valence-electron chi connectivity index (χ3n) is 4.94. The molecule has 3 heterocycles. The number of nitrogens with one attached hydrogen (secondary N) is 2. The van der Waals surface area contributed by atoms with Gasteiger partial charge in [0.2, 0.25) is 5.76 Å². The minimum Gasteiger partial charge on any atom is -0.457 e. The van der Waals surface area contributed by atoms with Crippen LogP contribution in [0.4, 0.5) is 0 Å². The van der Waals surface area contributed by atoms with Crippen LogP contribution < -0.4 is 10.6 Å². The first-order valence-corrected chi connectivity index (χ1v) is 8.81. The molecule has 2 N–H and O–H groups in total. The first-order chi connectivity index (χ1) is 12.0. The fourth-order valence-electron chi connectivity index (χ4n) is 3.79. The molecule has 1 amide bonds. The Bertz CT molecular complexity index is 826. The molecular weight excluding hydrogens is 320 g/mol. The number of esters is 1. The van der Waals surface area contributed by atoms with E-state index < -0.39 is 5.97 Å². The number of rotatable bonds is 4. The Morgan fingerprint density at radius 2 is 2.12 bits per heavy atom.